The van der Waals surface area contributed by atoms with Crippen LogP contribution in [0.25, 0.3) is 0 Å². The van der Waals surface area contributed by atoms with Crippen LogP contribution in [0.3, 0.4) is 0 Å². The van der Waals surface area contributed by atoms with Gasteiger partial charge in [0.25, 0.3) is 0 Å². The van der Waals surface area contributed by atoms with Gasteiger partial charge in [-0.2, -0.15) is 0 Å². The Labute approximate surface area is 118 Å². The summed E-state index contributed by atoms with van der Waals surface area (Å²) in [6.45, 7) is 14.6. The Morgan fingerprint density at radius 3 is 2.21 bits per heavy atom. The Hall–Kier alpha value is -0.650. The lowest BCUT2D eigenvalue weighted by atomic mass is 10.4. The third-order valence-corrected chi connectivity index (χ3v) is 1.91. The second kappa shape index (κ2) is 15.4. The average Bonchev–Trinajstić information content (AvgIpc) is 2.36. The maximum absolute atomic E-state index is 11.3. The van der Waals surface area contributed by atoms with Crippen LogP contribution in [0, 0.1) is 0 Å². The molecule has 0 aromatic rings. The van der Waals surface area contributed by atoms with Gasteiger partial charge in [-0.05, 0) is 13.8 Å². The van der Waals surface area contributed by atoms with Gasteiger partial charge in [0.15, 0.2) is 0 Å². The topological polar surface area (TPSA) is 59.6 Å². The summed E-state index contributed by atoms with van der Waals surface area (Å²) in [7, 11) is 0. The molecule has 0 aliphatic rings. The van der Waals surface area contributed by atoms with E-state index in [2.05, 4.69) is 24.5 Å². The molecule has 0 bridgehead atoms. The molecule has 0 heterocycles. The van der Waals surface area contributed by atoms with E-state index in [0.717, 1.165) is 6.54 Å². The highest BCUT2D eigenvalue weighted by Gasteiger charge is 2.01. The fraction of sp³-hybridized carbons (Fsp3) is 0.929. The van der Waals surface area contributed by atoms with E-state index in [1.165, 1.54) is 0 Å². The molecule has 116 valence electrons. The highest BCUT2D eigenvalue weighted by Crippen LogP contribution is 1.85. The Morgan fingerprint density at radius 2 is 1.68 bits per heavy atom. The SMILES string of the molecule is CC.CC(C)NCCOCC(=O)NCCOC(C)C. The molecule has 0 aromatic heterocycles. The predicted molar refractivity (Wildman–Crippen MR) is 79.4 cm³/mol. The molecule has 19 heavy (non-hydrogen) atoms. The van der Waals surface area contributed by atoms with E-state index in [0.29, 0.717) is 25.8 Å². The second-order valence-electron chi connectivity index (χ2n) is 4.43. The second-order valence-corrected chi connectivity index (χ2v) is 4.43. The van der Waals surface area contributed by atoms with Crippen molar-refractivity contribution in [3.05, 3.63) is 0 Å². The van der Waals surface area contributed by atoms with E-state index >= 15 is 0 Å². The summed E-state index contributed by atoms with van der Waals surface area (Å²) >= 11 is 0. The molecule has 0 saturated carbocycles. The standard InChI is InChI=1S/C12H26N2O3.C2H6/c1-10(2)13-5-7-16-9-12(15)14-6-8-17-11(3)4;1-2/h10-11,13H,5-9H2,1-4H3,(H,14,15);1-2H3. The summed E-state index contributed by atoms with van der Waals surface area (Å²) in [4.78, 5) is 11.3. The van der Waals surface area contributed by atoms with Gasteiger partial charge in [0.2, 0.25) is 5.91 Å². The van der Waals surface area contributed by atoms with Crippen molar-refractivity contribution in [1.82, 2.24) is 10.6 Å². The first-order chi connectivity index (χ1) is 9.02. The van der Waals surface area contributed by atoms with Crippen LogP contribution in [-0.4, -0.2) is 51.0 Å². The zero-order valence-electron chi connectivity index (χ0n) is 13.4. The van der Waals surface area contributed by atoms with E-state index in [1.807, 2.05) is 27.7 Å². The molecule has 0 saturated heterocycles. The summed E-state index contributed by atoms with van der Waals surface area (Å²) in [5, 5.41) is 5.94. The van der Waals surface area contributed by atoms with Crippen LogP contribution in [0.2, 0.25) is 0 Å². The minimum absolute atomic E-state index is 0.0955. The van der Waals surface area contributed by atoms with E-state index in [1.54, 1.807) is 0 Å². The molecular weight excluding hydrogens is 244 g/mol. The van der Waals surface area contributed by atoms with Crippen molar-refractivity contribution in [3.8, 4) is 0 Å². The number of carbonyl (C=O) groups excluding carboxylic acids is 1. The van der Waals surface area contributed by atoms with Gasteiger partial charge < -0.3 is 20.1 Å². The number of carbonyl (C=O) groups is 1. The Balaban J connectivity index is 0. The largest absolute Gasteiger partial charge is 0.377 e. The van der Waals surface area contributed by atoms with Crippen LogP contribution in [-0.2, 0) is 14.3 Å². The number of rotatable bonds is 10. The van der Waals surface area contributed by atoms with Crippen LogP contribution >= 0.6 is 0 Å². The van der Waals surface area contributed by atoms with Crippen molar-refractivity contribution in [2.24, 2.45) is 0 Å². The van der Waals surface area contributed by atoms with Crippen molar-refractivity contribution >= 4 is 5.91 Å². The van der Waals surface area contributed by atoms with Crippen molar-refractivity contribution in [2.75, 3.05) is 32.9 Å². The van der Waals surface area contributed by atoms with Gasteiger partial charge in [-0.3, -0.25) is 4.79 Å². The zero-order chi connectivity index (χ0) is 15.1. The molecule has 0 spiro atoms. The zero-order valence-corrected chi connectivity index (χ0v) is 13.4. The molecule has 0 aliphatic heterocycles. The average molecular weight is 276 g/mol. The number of amides is 1. The summed E-state index contributed by atoms with van der Waals surface area (Å²) in [5.41, 5.74) is 0. The molecule has 0 aliphatic carbocycles. The first-order valence-corrected chi connectivity index (χ1v) is 7.21. The highest BCUT2D eigenvalue weighted by atomic mass is 16.5. The minimum Gasteiger partial charge on any atom is -0.377 e. The van der Waals surface area contributed by atoms with Gasteiger partial charge in [-0.25, -0.2) is 0 Å². The fourth-order valence-electron chi connectivity index (χ4n) is 1.12. The van der Waals surface area contributed by atoms with Gasteiger partial charge in [-0.1, -0.05) is 27.7 Å². The lowest BCUT2D eigenvalue weighted by Crippen LogP contribution is -2.33. The number of hydrogen-bond donors (Lipinski definition) is 2. The van der Waals surface area contributed by atoms with Crippen molar-refractivity contribution in [2.45, 2.75) is 53.7 Å². The molecule has 2 N–H and O–H groups in total. The molecule has 1 amide bonds. The normalized spacial score (nSPS) is 10.3. The molecule has 5 nitrogen and oxygen atoms in total. The van der Waals surface area contributed by atoms with E-state index in [9.17, 15) is 4.79 Å². The van der Waals surface area contributed by atoms with Crippen molar-refractivity contribution < 1.29 is 14.3 Å². The molecular formula is C14H32N2O3. The molecule has 0 unspecified atom stereocenters. The number of hydrogen-bond acceptors (Lipinski definition) is 4. The van der Waals surface area contributed by atoms with Gasteiger partial charge in [-0.15, -0.1) is 0 Å². The van der Waals surface area contributed by atoms with E-state index in [-0.39, 0.29) is 18.6 Å². The summed E-state index contributed by atoms with van der Waals surface area (Å²) in [6, 6.07) is 0.445. The quantitative estimate of drug-likeness (QED) is 0.595. The Morgan fingerprint density at radius 1 is 1.05 bits per heavy atom. The summed E-state index contributed by atoms with van der Waals surface area (Å²) in [5.74, 6) is -0.0955. The minimum atomic E-state index is -0.0955. The third kappa shape index (κ3) is 19.9. The van der Waals surface area contributed by atoms with Gasteiger partial charge >= 0.3 is 0 Å². The molecule has 0 fully saturated rings. The first kappa shape index (κ1) is 20.7. The van der Waals surface area contributed by atoms with Crippen molar-refractivity contribution in [3.63, 3.8) is 0 Å². The van der Waals surface area contributed by atoms with Crippen LogP contribution in [0.15, 0.2) is 0 Å². The lowest BCUT2D eigenvalue weighted by Gasteiger charge is -2.10. The van der Waals surface area contributed by atoms with Crippen LogP contribution in [0.1, 0.15) is 41.5 Å². The number of nitrogens with one attached hydrogen (secondary N) is 2. The number of ether oxygens (including phenoxy) is 2. The predicted octanol–water partition coefficient (Wildman–Crippen LogP) is 1.57. The lowest BCUT2D eigenvalue weighted by molar-refractivity contribution is -0.125. The van der Waals surface area contributed by atoms with E-state index < -0.39 is 0 Å². The maximum Gasteiger partial charge on any atom is 0.246 e. The summed E-state index contributed by atoms with van der Waals surface area (Å²) in [6.07, 6.45) is 0.199. The van der Waals surface area contributed by atoms with Gasteiger partial charge in [0.1, 0.15) is 6.61 Å². The maximum atomic E-state index is 11.3. The Kier molecular flexibility index (Phi) is 16.8. The monoisotopic (exact) mass is 276 g/mol. The molecule has 0 rings (SSSR count). The first-order valence-electron chi connectivity index (χ1n) is 7.21. The van der Waals surface area contributed by atoms with Crippen LogP contribution in [0.4, 0.5) is 0 Å². The van der Waals surface area contributed by atoms with Gasteiger partial charge in [0, 0.05) is 19.1 Å². The molecule has 0 atom stereocenters. The molecule has 5 heteroatoms. The van der Waals surface area contributed by atoms with Crippen LogP contribution in [0.5, 0.6) is 0 Å². The smallest absolute Gasteiger partial charge is 0.246 e. The van der Waals surface area contributed by atoms with Crippen LogP contribution < -0.4 is 10.6 Å². The van der Waals surface area contributed by atoms with Crippen molar-refractivity contribution in [1.29, 1.82) is 0 Å². The highest BCUT2D eigenvalue weighted by molar-refractivity contribution is 5.77. The Bertz CT molecular complexity index is 197. The van der Waals surface area contributed by atoms with E-state index in [4.69, 9.17) is 9.47 Å². The molecule has 0 radical (unpaired) electrons. The summed E-state index contributed by atoms with van der Waals surface area (Å²) < 4.78 is 10.5. The third-order valence-electron chi connectivity index (χ3n) is 1.91. The molecule has 0 aromatic carbocycles. The fourth-order valence-corrected chi connectivity index (χ4v) is 1.12. The van der Waals surface area contributed by atoms with Gasteiger partial charge in [0.05, 0.1) is 19.3 Å².